The third-order valence-electron chi connectivity index (χ3n) is 1.84. The third kappa shape index (κ3) is 3.27. The third-order valence-corrected chi connectivity index (χ3v) is 4.44. The van der Waals surface area contributed by atoms with E-state index in [4.69, 9.17) is 5.73 Å². The number of sulfonamides is 1. The van der Waals surface area contributed by atoms with Crippen molar-refractivity contribution >= 4 is 26.0 Å². The van der Waals surface area contributed by atoms with E-state index in [1.807, 2.05) is 0 Å². The minimum absolute atomic E-state index is 0.227. The lowest BCUT2D eigenvalue weighted by Crippen LogP contribution is -2.37. The molecule has 0 aromatic heterocycles. The van der Waals surface area contributed by atoms with Gasteiger partial charge in [0.25, 0.3) is 0 Å². The molecule has 15 heavy (non-hydrogen) atoms. The van der Waals surface area contributed by atoms with Crippen LogP contribution in [0.1, 0.15) is 6.92 Å². The number of rotatable bonds is 4. The fourth-order valence-corrected chi connectivity index (χ4v) is 3.30. The minimum Gasteiger partial charge on any atom is -0.329 e. The highest BCUT2D eigenvalue weighted by Gasteiger charge is 2.18. The first kappa shape index (κ1) is 12.6. The molecule has 0 amide bonds. The Kier molecular flexibility index (Phi) is 4.27. The van der Waals surface area contributed by atoms with Gasteiger partial charge >= 0.3 is 0 Å². The van der Waals surface area contributed by atoms with Crippen LogP contribution in [0.3, 0.4) is 0 Å². The van der Waals surface area contributed by atoms with E-state index < -0.39 is 10.0 Å². The van der Waals surface area contributed by atoms with Crippen molar-refractivity contribution in [2.24, 2.45) is 5.73 Å². The van der Waals surface area contributed by atoms with Crippen molar-refractivity contribution in [3.63, 3.8) is 0 Å². The van der Waals surface area contributed by atoms with Gasteiger partial charge in [-0.3, -0.25) is 0 Å². The summed E-state index contributed by atoms with van der Waals surface area (Å²) in [5, 5.41) is 0. The molecule has 0 heterocycles. The first-order valence-electron chi connectivity index (χ1n) is 4.44. The molecule has 0 spiro atoms. The Morgan fingerprint density at radius 1 is 1.47 bits per heavy atom. The summed E-state index contributed by atoms with van der Waals surface area (Å²) in [7, 11) is -3.48. The van der Waals surface area contributed by atoms with Gasteiger partial charge in [-0.1, -0.05) is 12.1 Å². The molecule has 0 aliphatic heterocycles. The largest absolute Gasteiger partial charge is 0.329 e. The zero-order valence-electron chi connectivity index (χ0n) is 8.27. The summed E-state index contributed by atoms with van der Waals surface area (Å²) in [4.78, 5) is 0.227. The fraction of sp³-hybridized carbons (Fsp3) is 0.333. The van der Waals surface area contributed by atoms with Crippen LogP contribution in [0.15, 0.2) is 33.6 Å². The summed E-state index contributed by atoms with van der Waals surface area (Å²) in [5.41, 5.74) is 5.36. The molecule has 6 heteroatoms. The molecule has 0 aliphatic carbocycles. The van der Waals surface area contributed by atoms with Crippen LogP contribution in [-0.4, -0.2) is 21.0 Å². The Morgan fingerprint density at radius 2 is 2.07 bits per heavy atom. The minimum atomic E-state index is -3.48. The summed E-state index contributed by atoms with van der Waals surface area (Å²) < 4.78 is 26.7. The molecule has 0 saturated heterocycles. The van der Waals surface area contributed by atoms with Gasteiger partial charge in [0.15, 0.2) is 0 Å². The van der Waals surface area contributed by atoms with Crippen molar-refractivity contribution < 1.29 is 8.42 Å². The maximum atomic E-state index is 11.8. The van der Waals surface area contributed by atoms with Crippen LogP contribution in [0.5, 0.6) is 0 Å². The van der Waals surface area contributed by atoms with E-state index in [1.165, 1.54) is 6.07 Å². The topological polar surface area (TPSA) is 72.2 Å². The summed E-state index contributed by atoms with van der Waals surface area (Å²) in [6.07, 6.45) is 0. The molecule has 1 aromatic carbocycles. The normalized spacial score (nSPS) is 13.8. The number of hydrogen-bond acceptors (Lipinski definition) is 3. The van der Waals surface area contributed by atoms with Crippen LogP contribution in [0, 0.1) is 0 Å². The quantitative estimate of drug-likeness (QED) is 0.872. The van der Waals surface area contributed by atoms with Gasteiger partial charge in [0.1, 0.15) is 0 Å². The van der Waals surface area contributed by atoms with Gasteiger partial charge in [-0.15, -0.1) is 0 Å². The van der Waals surface area contributed by atoms with E-state index in [1.54, 1.807) is 25.1 Å². The molecule has 1 atom stereocenters. The Morgan fingerprint density at radius 3 is 2.60 bits per heavy atom. The molecule has 1 aromatic rings. The van der Waals surface area contributed by atoms with Crippen LogP contribution in [0.4, 0.5) is 0 Å². The van der Waals surface area contributed by atoms with Crippen LogP contribution in [-0.2, 0) is 10.0 Å². The Bertz CT molecular complexity index is 433. The van der Waals surface area contributed by atoms with Crippen molar-refractivity contribution in [2.75, 3.05) is 6.54 Å². The number of halogens is 1. The number of nitrogens with two attached hydrogens (primary N) is 1. The zero-order chi connectivity index (χ0) is 11.5. The molecular formula is C9H13BrN2O2S. The second-order valence-corrected chi connectivity index (χ2v) is 5.73. The zero-order valence-corrected chi connectivity index (χ0v) is 10.7. The second-order valence-electron chi connectivity index (χ2n) is 3.19. The highest BCUT2D eigenvalue weighted by molar-refractivity contribution is 9.10. The molecule has 0 bridgehead atoms. The Labute approximate surface area is 98.0 Å². The van der Waals surface area contributed by atoms with Crippen LogP contribution < -0.4 is 10.5 Å². The van der Waals surface area contributed by atoms with Gasteiger partial charge in [-0.25, -0.2) is 13.1 Å². The van der Waals surface area contributed by atoms with Gasteiger partial charge in [0.05, 0.1) is 4.90 Å². The van der Waals surface area contributed by atoms with Crippen molar-refractivity contribution in [1.29, 1.82) is 0 Å². The molecule has 0 radical (unpaired) electrons. The lowest BCUT2D eigenvalue weighted by atomic mass is 10.4. The average molecular weight is 293 g/mol. The molecule has 4 nitrogen and oxygen atoms in total. The van der Waals surface area contributed by atoms with Crippen LogP contribution in [0.25, 0.3) is 0 Å². The molecule has 1 rings (SSSR count). The van der Waals surface area contributed by atoms with E-state index in [0.29, 0.717) is 4.47 Å². The van der Waals surface area contributed by atoms with Crippen molar-refractivity contribution in [3.05, 3.63) is 28.7 Å². The molecular weight excluding hydrogens is 280 g/mol. The molecule has 0 fully saturated rings. The van der Waals surface area contributed by atoms with E-state index in [0.717, 1.165) is 0 Å². The van der Waals surface area contributed by atoms with Crippen molar-refractivity contribution in [3.8, 4) is 0 Å². The smallest absolute Gasteiger partial charge is 0.241 e. The summed E-state index contributed by atoms with van der Waals surface area (Å²) in [5.74, 6) is 0. The Balaban J connectivity index is 3.02. The first-order chi connectivity index (χ1) is 6.97. The Hall–Kier alpha value is -0.430. The van der Waals surface area contributed by atoms with E-state index >= 15 is 0 Å². The second kappa shape index (κ2) is 5.07. The summed E-state index contributed by atoms with van der Waals surface area (Å²) >= 11 is 3.19. The molecule has 84 valence electrons. The number of nitrogens with one attached hydrogen (secondary N) is 1. The molecule has 0 aliphatic rings. The monoisotopic (exact) mass is 292 g/mol. The standard InChI is InChI=1S/C9H13BrN2O2S/c1-7(6-11)12-15(13,14)9-5-3-2-4-8(9)10/h2-5,7,12H,6,11H2,1H3/t7-/m1/s1. The van der Waals surface area contributed by atoms with Crippen LogP contribution in [0.2, 0.25) is 0 Å². The molecule has 0 saturated carbocycles. The highest BCUT2D eigenvalue weighted by Crippen LogP contribution is 2.20. The van der Waals surface area contributed by atoms with Gasteiger partial charge in [0.2, 0.25) is 10.0 Å². The van der Waals surface area contributed by atoms with E-state index in [2.05, 4.69) is 20.7 Å². The van der Waals surface area contributed by atoms with Crippen LogP contribution >= 0.6 is 15.9 Å². The van der Waals surface area contributed by atoms with Gasteiger partial charge < -0.3 is 5.73 Å². The predicted molar refractivity (Wildman–Crippen MR) is 63.0 cm³/mol. The SMILES string of the molecule is C[C@H](CN)NS(=O)(=O)c1ccccc1Br. The van der Waals surface area contributed by atoms with E-state index in [-0.39, 0.29) is 17.5 Å². The number of hydrogen-bond donors (Lipinski definition) is 2. The summed E-state index contributed by atoms with van der Waals surface area (Å²) in [6.45, 7) is 1.98. The molecule has 3 N–H and O–H groups in total. The summed E-state index contributed by atoms with van der Waals surface area (Å²) in [6, 6.07) is 6.38. The first-order valence-corrected chi connectivity index (χ1v) is 6.72. The maximum absolute atomic E-state index is 11.8. The average Bonchev–Trinajstić information content (AvgIpc) is 2.17. The lowest BCUT2D eigenvalue weighted by Gasteiger charge is -2.12. The number of benzene rings is 1. The van der Waals surface area contributed by atoms with Gasteiger partial charge in [0, 0.05) is 17.1 Å². The fourth-order valence-electron chi connectivity index (χ4n) is 1.04. The van der Waals surface area contributed by atoms with Crippen molar-refractivity contribution in [2.45, 2.75) is 17.9 Å². The van der Waals surface area contributed by atoms with Gasteiger partial charge in [-0.2, -0.15) is 0 Å². The maximum Gasteiger partial charge on any atom is 0.241 e. The van der Waals surface area contributed by atoms with Gasteiger partial charge in [-0.05, 0) is 35.0 Å². The van der Waals surface area contributed by atoms with E-state index in [9.17, 15) is 8.42 Å². The highest BCUT2D eigenvalue weighted by atomic mass is 79.9. The van der Waals surface area contributed by atoms with Crippen molar-refractivity contribution in [1.82, 2.24) is 4.72 Å². The predicted octanol–water partition coefficient (Wildman–Crippen LogP) is 1.07. The lowest BCUT2D eigenvalue weighted by molar-refractivity contribution is 0.562. The molecule has 0 unspecified atom stereocenters.